The Morgan fingerprint density at radius 3 is 2.43 bits per heavy atom. The van der Waals surface area contributed by atoms with E-state index in [1.54, 1.807) is 12.1 Å². The molecule has 0 heterocycles. The maximum atomic E-state index is 12.8. The summed E-state index contributed by atoms with van der Waals surface area (Å²) in [6.07, 6.45) is 0.753. The van der Waals surface area contributed by atoms with Crippen molar-refractivity contribution in [2.45, 2.75) is 20.3 Å². The normalized spacial score (nSPS) is 11.1. The van der Waals surface area contributed by atoms with Crippen molar-refractivity contribution in [2.75, 3.05) is 26.2 Å². The zero-order valence-corrected chi connectivity index (χ0v) is 12.6. The largest absolute Gasteiger partial charge is 0.357 e. The molecular weight excluding hydrogens is 271 g/mol. The van der Waals surface area contributed by atoms with Crippen LogP contribution in [0, 0.1) is 5.82 Å². The second-order valence-electron chi connectivity index (χ2n) is 4.55. The highest BCUT2D eigenvalue weighted by atomic mass is 19.1. The van der Waals surface area contributed by atoms with Crippen molar-refractivity contribution in [3.63, 3.8) is 0 Å². The molecule has 1 aromatic rings. The van der Waals surface area contributed by atoms with Gasteiger partial charge in [-0.15, -0.1) is 0 Å². The summed E-state index contributed by atoms with van der Waals surface area (Å²) in [6.45, 7) is 6.02. The van der Waals surface area contributed by atoms with Crippen molar-refractivity contribution in [3.05, 3.63) is 35.6 Å². The van der Waals surface area contributed by atoms with Crippen LogP contribution in [0.1, 0.15) is 19.4 Å². The average Bonchev–Trinajstić information content (AvgIpc) is 2.45. The Balaban J connectivity index is 2.36. The Kier molecular flexibility index (Phi) is 7.86. The van der Waals surface area contributed by atoms with Crippen LogP contribution in [0.15, 0.2) is 29.3 Å². The number of aliphatic imine (C=N–C) groups is 1. The summed E-state index contributed by atoms with van der Waals surface area (Å²) in [4.78, 5) is 15.2. The second-order valence-corrected chi connectivity index (χ2v) is 4.55. The Bertz CT molecular complexity index is 459. The smallest absolute Gasteiger partial charge is 0.216 e. The number of carbonyl (C=O) groups is 1. The molecular formula is C15H23FN4O. The van der Waals surface area contributed by atoms with Gasteiger partial charge in [0.05, 0.1) is 0 Å². The van der Waals surface area contributed by atoms with Crippen molar-refractivity contribution >= 4 is 11.9 Å². The molecule has 0 aliphatic rings. The maximum absolute atomic E-state index is 12.8. The zero-order valence-electron chi connectivity index (χ0n) is 12.6. The zero-order chi connectivity index (χ0) is 15.5. The Hall–Kier alpha value is -2.11. The van der Waals surface area contributed by atoms with E-state index in [9.17, 15) is 9.18 Å². The summed E-state index contributed by atoms with van der Waals surface area (Å²) >= 11 is 0. The van der Waals surface area contributed by atoms with E-state index in [0.29, 0.717) is 25.6 Å². The number of nitrogens with one attached hydrogen (secondary N) is 3. The highest BCUT2D eigenvalue weighted by Crippen LogP contribution is 2.03. The summed E-state index contributed by atoms with van der Waals surface area (Å²) in [5.74, 6) is 0.440. The molecule has 0 saturated carbocycles. The lowest BCUT2D eigenvalue weighted by atomic mass is 10.1. The van der Waals surface area contributed by atoms with E-state index in [1.165, 1.54) is 19.1 Å². The van der Waals surface area contributed by atoms with E-state index in [2.05, 4.69) is 20.9 Å². The summed E-state index contributed by atoms with van der Waals surface area (Å²) in [6, 6.07) is 6.44. The molecule has 0 spiro atoms. The minimum Gasteiger partial charge on any atom is -0.357 e. The van der Waals surface area contributed by atoms with E-state index in [1.807, 2.05) is 6.92 Å². The number of hydrogen-bond donors (Lipinski definition) is 3. The predicted molar refractivity (Wildman–Crippen MR) is 82.8 cm³/mol. The van der Waals surface area contributed by atoms with Gasteiger partial charge in [-0.25, -0.2) is 4.39 Å². The molecule has 0 aliphatic heterocycles. The minimum atomic E-state index is -0.227. The molecule has 3 N–H and O–H groups in total. The van der Waals surface area contributed by atoms with Crippen LogP contribution < -0.4 is 16.0 Å². The molecule has 0 aromatic heterocycles. The molecule has 1 rings (SSSR count). The number of amides is 1. The fourth-order valence-corrected chi connectivity index (χ4v) is 1.71. The second kappa shape index (κ2) is 9.74. The van der Waals surface area contributed by atoms with Gasteiger partial charge in [0.15, 0.2) is 5.96 Å². The van der Waals surface area contributed by atoms with Crippen LogP contribution in [0.5, 0.6) is 0 Å². The van der Waals surface area contributed by atoms with E-state index >= 15 is 0 Å². The highest BCUT2D eigenvalue weighted by molar-refractivity contribution is 5.79. The van der Waals surface area contributed by atoms with E-state index < -0.39 is 0 Å². The lowest BCUT2D eigenvalue weighted by Gasteiger charge is -2.11. The first-order valence-electron chi connectivity index (χ1n) is 7.13. The number of hydrogen-bond acceptors (Lipinski definition) is 2. The van der Waals surface area contributed by atoms with Gasteiger partial charge in [0.25, 0.3) is 0 Å². The lowest BCUT2D eigenvalue weighted by molar-refractivity contribution is -0.118. The molecule has 0 bridgehead atoms. The van der Waals surface area contributed by atoms with Crippen molar-refractivity contribution < 1.29 is 9.18 Å². The van der Waals surface area contributed by atoms with E-state index in [-0.39, 0.29) is 11.7 Å². The van der Waals surface area contributed by atoms with Gasteiger partial charge in [0.1, 0.15) is 5.82 Å². The summed E-state index contributed by atoms with van der Waals surface area (Å²) < 4.78 is 12.8. The fraction of sp³-hybridized carbons (Fsp3) is 0.467. The molecule has 6 heteroatoms. The van der Waals surface area contributed by atoms with Crippen molar-refractivity contribution in [3.8, 4) is 0 Å². The van der Waals surface area contributed by atoms with Gasteiger partial charge >= 0.3 is 0 Å². The van der Waals surface area contributed by atoms with Crippen molar-refractivity contribution in [2.24, 2.45) is 4.99 Å². The lowest BCUT2D eigenvalue weighted by Crippen LogP contribution is -2.41. The Morgan fingerprint density at radius 1 is 1.14 bits per heavy atom. The predicted octanol–water partition coefficient (Wildman–Crippen LogP) is 1.06. The first-order valence-corrected chi connectivity index (χ1v) is 7.13. The standard InChI is InChI=1S/C15H23FN4O/c1-3-17-15(20-11-10-18-12(2)21)19-9-8-13-4-6-14(16)7-5-13/h4-7H,3,8-11H2,1-2H3,(H,18,21)(H2,17,19,20). The van der Waals surface area contributed by atoms with Gasteiger partial charge in [-0.05, 0) is 31.0 Å². The van der Waals surface area contributed by atoms with E-state index in [4.69, 9.17) is 0 Å². The van der Waals surface area contributed by atoms with Gasteiger partial charge < -0.3 is 16.0 Å². The monoisotopic (exact) mass is 294 g/mol. The summed E-state index contributed by atoms with van der Waals surface area (Å²) in [5, 5.41) is 8.98. The number of halogens is 1. The van der Waals surface area contributed by atoms with Gasteiger partial charge in [-0.3, -0.25) is 9.79 Å². The number of benzene rings is 1. The number of carbonyl (C=O) groups excluding carboxylic acids is 1. The molecule has 1 aromatic carbocycles. The van der Waals surface area contributed by atoms with Crippen LogP contribution in [-0.4, -0.2) is 38.0 Å². The molecule has 0 saturated heterocycles. The molecule has 0 atom stereocenters. The molecule has 5 nitrogen and oxygen atoms in total. The van der Waals surface area contributed by atoms with Crippen LogP contribution in [0.4, 0.5) is 4.39 Å². The minimum absolute atomic E-state index is 0.0463. The highest BCUT2D eigenvalue weighted by Gasteiger charge is 1.98. The average molecular weight is 294 g/mol. The topological polar surface area (TPSA) is 65.5 Å². The van der Waals surface area contributed by atoms with Crippen LogP contribution in [-0.2, 0) is 11.2 Å². The van der Waals surface area contributed by atoms with Gasteiger partial charge in [0, 0.05) is 33.1 Å². The first kappa shape index (κ1) is 16.9. The number of nitrogens with zero attached hydrogens (tertiary/aromatic N) is 1. The van der Waals surface area contributed by atoms with E-state index in [0.717, 1.165) is 18.5 Å². The molecule has 0 fully saturated rings. The van der Waals surface area contributed by atoms with Crippen LogP contribution in [0.2, 0.25) is 0 Å². The third-order valence-corrected chi connectivity index (χ3v) is 2.72. The van der Waals surface area contributed by atoms with Crippen LogP contribution >= 0.6 is 0 Å². The summed E-state index contributed by atoms with van der Waals surface area (Å²) in [7, 11) is 0. The third kappa shape index (κ3) is 7.91. The molecule has 0 aliphatic carbocycles. The molecule has 1 amide bonds. The molecule has 0 unspecified atom stereocenters. The molecule has 116 valence electrons. The van der Waals surface area contributed by atoms with Crippen molar-refractivity contribution in [1.82, 2.24) is 16.0 Å². The Morgan fingerprint density at radius 2 is 1.81 bits per heavy atom. The quantitative estimate of drug-likeness (QED) is 0.400. The SMILES string of the molecule is CCNC(=NCCc1ccc(F)cc1)NCCNC(C)=O. The van der Waals surface area contributed by atoms with Gasteiger partial charge in [-0.1, -0.05) is 12.1 Å². The first-order chi connectivity index (χ1) is 10.1. The maximum Gasteiger partial charge on any atom is 0.216 e. The summed E-state index contributed by atoms with van der Waals surface area (Å²) in [5.41, 5.74) is 1.05. The molecule has 21 heavy (non-hydrogen) atoms. The van der Waals surface area contributed by atoms with Crippen molar-refractivity contribution in [1.29, 1.82) is 0 Å². The van der Waals surface area contributed by atoms with Crippen LogP contribution in [0.3, 0.4) is 0 Å². The Labute approximate surface area is 125 Å². The fourth-order valence-electron chi connectivity index (χ4n) is 1.71. The molecule has 0 radical (unpaired) electrons. The van der Waals surface area contributed by atoms with Crippen LogP contribution in [0.25, 0.3) is 0 Å². The number of rotatable bonds is 7. The number of guanidine groups is 1. The third-order valence-electron chi connectivity index (χ3n) is 2.72. The van der Waals surface area contributed by atoms with Gasteiger partial charge in [-0.2, -0.15) is 0 Å². The van der Waals surface area contributed by atoms with Gasteiger partial charge in [0.2, 0.25) is 5.91 Å².